The molecule has 28 heavy (non-hydrogen) atoms. The molecule has 1 heterocycles. The average molecular weight is 365 g/mol. The Morgan fingerprint density at radius 2 is 1.36 bits per heavy atom. The van der Waals surface area contributed by atoms with Crippen molar-refractivity contribution in [2.24, 2.45) is 0 Å². The molecule has 3 heteroatoms. The summed E-state index contributed by atoms with van der Waals surface area (Å²) in [5, 5.41) is 0. The third-order valence-corrected chi connectivity index (χ3v) is 4.79. The molecule has 0 aromatic heterocycles. The van der Waals surface area contributed by atoms with E-state index in [1.54, 1.807) is 18.2 Å². The first-order valence-electron chi connectivity index (χ1n) is 9.14. The van der Waals surface area contributed by atoms with E-state index in [-0.39, 0.29) is 11.8 Å². The maximum atomic E-state index is 13.3. The molecule has 0 saturated heterocycles. The fourth-order valence-electron chi connectivity index (χ4n) is 3.37. The molecule has 0 radical (unpaired) electrons. The number of rotatable bonds is 3. The fourth-order valence-corrected chi connectivity index (χ4v) is 3.37. The molecule has 0 N–H and O–H groups in total. The van der Waals surface area contributed by atoms with E-state index in [0.717, 1.165) is 11.1 Å². The Balaban J connectivity index is 1.81. The van der Waals surface area contributed by atoms with E-state index >= 15 is 0 Å². The van der Waals surface area contributed by atoms with E-state index in [1.165, 1.54) is 4.90 Å². The number of hydrogen-bond acceptors (Lipinski definition) is 2. The second-order valence-electron chi connectivity index (χ2n) is 6.63. The van der Waals surface area contributed by atoms with Gasteiger partial charge in [0.05, 0.1) is 5.69 Å². The number of anilines is 1. The van der Waals surface area contributed by atoms with E-state index < -0.39 is 0 Å². The quantitative estimate of drug-likeness (QED) is 0.468. The molecular weight excluding hydrogens is 346 g/mol. The minimum Gasteiger partial charge on any atom is -0.268 e. The highest BCUT2D eigenvalue weighted by atomic mass is 16.2. The standard InChI is InChI=1S/C25H19NO2/c1-18-10-5-8-17-23(18)26-24(27)21-15-7-6-14-20(21)22(25(26)28)16-9-13-19-11-3-2-4-12-19/h2-17H,1H3/b13-9+,22-16-. The van der Waals surface area contributed by atoms with Crippen LogP contribution < -0.4 is 4.90 Å². The van der Waals surface area contributed by atoms with Gasteiger partial charge in [-0.05, 0) is 41.8 Å². The number of nitrogens with zero attached hydrogens (tertiary/aromatic N) is 1. The molecule has 3 aromatic carbocycles. The number of carbonyl (C=O) groups excluding carboxylic acids is 2. The van der Waals surface area contributed by atoms with Gasteiger partial charge in [0, 0.05) is 11.1 Å². The van der Waals surface area contributed by atoms with Crippen molar-refractivity contribution in [3.63, 3.8) is 0 Å². The van der Waals surface area contributed by atoms with Crippen LogP contribution in [-0.4, -0.2) is 11.8 Å². The summed E-state index contributed by atoms with van der Waals surface area (Å²) >= 11 is 0. The molecule has 0 bridgehead atoms. The van der Waals surface area contributed by atoms with Crippen molar-refractivity contribution in [1.29, 1.82) is 0 Å². The number of benzene rings is 3. The molecule has 1 aliphatic rings. The third-order valence-electron chi connectivity index (χ3n) is 4.79. The second kappa shape index (κ2) is 7.49. The van der Waals surface area contributed by atoms with Crippen LogP contribution in [0.15, 0.2) is 91.0 Å². The van der Waals surface area contributed by atoms with E-state index in [0.29, 0.717) is 22.4 Å². The number of allylic oxidation sites excluding steroid dienone is 2. The highest BCUT2D eigenvalue weighted by Gasteiger charge is 2.35. The lowest BCUT2D eigenvalue weighted by atomic mass is 9.92. The zero-order chi connectivity index (χ0) is 19.5. The predicted molar refractivity (Wildman–Crippen MR) is 113 cm³/mol. The number of para-hydroxylation sites is 1. The molecule has 0 aliphatic carbocycles. The van der Waals surface area contributed by atoms with Gasteiger partial charge in [0.15, 0.2) is 0 Å². The molecule has 0 spiro atoms. The summed E-state index contributed by atoms with van der Waals surface area (Å²) in [6, 6.07) is 24.6. The second-order valence-corrected chi connectivity index (χ2v) is 6.63. The highest BCUT2D eigenvalue weighted by molar-refractivity contribution is 6.41. The van der Waals surface area contributed by atoms with Gasteiger partial charge in [-0.2, -0.15) is 0 Å². The zero-order valence-electron chi connectivity index (χ0n) is 15.5. The van der Waals surface area contributed by atoms with Gasteiger partial charge in [-0.3, -0.25) is 9.59 Å². The molecule has 4 rings (SSSR count). The summed E-state index contributed by atoms with van der Waals surface area (Å²) < 4.78 is 0. The van der Waals surface area contributed by atoms with Crippen molar-refractivity contribution < 1.29 is 9.59 Å². The summed E-state index contributed by atoms with van der Waals surface area (Å²) in [4.78, 5) is 27.7. The van der Waals surface area contributed by atoms with Gasteiger partial charge in [-0.15, -0.1) is 0 Å². The van der Waals surface area contributed by atoms with E-state index in [2.05, 4.69) is 0 Å². The van der Waals surface area contributed by atoms with Crippen LogP contribution in [0.3, 0.4) is 0 Å². The molecule has 3 nitrogen and oxygen atoms in total. The Kier molecular flexibility index (Phi) is 4.73. The van der Waals surface area contributed by atoms with Crippen molar-refractivity contribution >= 4 is 29.2 Å². The fraction of sp³-hybridized carbons (Fsp3) is 0.0400. The number of carbonyl (C=O) groups is 2. The lowest BCUT2D eigenvalue weighted by Crippen LogP contribution is -2.42. The molecular formula is C25H19NO2. The van der Waals surface area contributed by atoms with Crippen LogP contribution >= 0.6 is 0 Å². The van der Waals surface area contributed by atoms with Crippen LogP contribution in [0.2, 0.25) is 0 Å². The number of amides is 2. The van der Waals surface area contributed by atoms with Crippen molar-refractivity contribution in [3.8, 4) is 0 Å². The van der Waals surface area contributed by atoms with E-state index in [9.17, 15) is 9.59 Å². The summed E-state index contributed by atoms with van der Waals surface area (Å²) in [5.74, 6) is -0.602. The SMILES string of the molecule is Cc1ccccc1N1C(=O)/C(=C\C=C\c2ccccc2)c2ccccc2C1=O. The van der Waals surface area contributed by atoms with Crippen molar-refractivity contribution in [1.82, 2.24) is 0 Å². The Morgan fingerprint density at radius 3 is 2.11 bits per heavy atom. The number of imide groups is 1. The van der Waals surface area contributed by atoms with Gasteiger partial charge in [-0.25, -0.2) is 4.90 Å². The first-order chi connectivity index (χ1) is 13.7. The Bertz CT molecular complexity index is 1110. The molecule has 2 amide bonds. The molecule has 3 aromatic rings. The van der Waals surface area contributed by atoms with Gasteiger partial charge < -0.3 is 0 Å². The van der Waals surface area contributed by atoms with Crippen LogP contribution in [0.25, 0.3) is 11.6 Å². The third kappa shape index (κ3) is 3.19. The van der Waals surface area contributed by atoms with Gasteiger partial charge in [0.1, 0.15) is 0 Å². The Morgan fingerprint density at radius 1 is 0.714 bits per heavy atom. The van der Waals surface area contributed by atoms with E-state index in [1.807, 2.05) is 85.8 Å². The van der Waals surface area contributed by atoms with Crippen LogP contribution in [0.5, 0.6) is 0 Å². The zero-order valence-corrected chi connectivity index (χ0v) is 15.5. The number of fused-ring (bicyclic) bond motifs is 1. The highest BCUT2D eigenvalue weighted by Crippen LogP contribution is 2.33. The lowest BCUT2D eigenvalue weighted by molar-refractivity contribution is -0.112. The minimum absolute atomic E-state index is 0.293. The van der Waals surface area contributed by atoms with Crippen molar-refractivity contribution in [2.75, 3.05) is 4.90 Å². The van der Waals surface area contributed by atoms with Crippen molar-refractivity contribution in [2.45, 2.75) is 6.92 Å². The molecule has 0 fully saturated rings. The van der Waals surface area contributed by atoms with Crippen LogP contribution in [0.4, 0.5) is 5.69 Å². The van der Waals surface area contributed by atoms with Crippen molar-refractivity contribution in [3.05, 3.63) is 113 Å². The maximum Gasteiger partial charge on any atom is 0.265 e. The van der Waals surface area contributed by atoms with Gasteiger partial charge in [-0.1, -0.05) is 78.9 Å². The summed E-state index contributed by atoms with van der Waals surface area (Å²) in [6.07, 6.45) is 5.58. The van der Waals surface area contributed by atoms with Gasteiger partial charge >= 0.3 is 0 Å². The monoisotopic (exact) mass is 365 g/mol. The van der Waals surface area contributed by atoms with Gasteiger partial charge in [0.2, 0.25) is 0 Å². The predicted octanol–water partition coefficient (Wildman–Crippen LogP) is 5.28. The summed E-state index contributed by atoms with van der Waals surface area (Å²) in [6.45, 7) is 1.90. The first-order valence-corrected chi connectivity index (χ1v) is 9.14. The lowest BCUT2D eigenvalue weighted by Gasteiger charge is -2.29. The van der Waals surface area contributed by atoms with E-state index in [4.69, 9.17) is 0 Å². The largest absolute Gasteiger partial charge is 0.268 e. The minimum atomic E-state index is -0.310. The molecule has 0 atom stereocenters. The maximum absolute atomic E-state index is 13.3. The normalized spacial score (nSPS) is 15.3. The molecule has 0 unspecified atom stereocenters. The first kappa shape index (κ1) is 17.7. The summed E-state index contributed by atoms with van der Waals surface area (Å²) in [7, 11) is 0. The topological polar surface area (TPSA) is 37.4 Å². The van der Waals surface area contributed by atoms with Crippen LogP contribution in [0.1, 0.15) is 27.0 Å². The van der Waals surface area contributed by atoms with Crippen LogP contribution in [0, 0.1) is 6.92 Å². The number of aryl methyl sites for hydroxylation is 1. The van der Waals surface area contributed by atoms with Crippen LogP contribution in [-0.2, 0) is 4.79 Å². The molecule has 1 aliphatic heterocycles. The van der Waals surface area contributed by atoms with Gasteiger partial charge in [0.25, 0.3) is 11.8 Å². The Labute approximate surface area is 164 Å². The average Bonchev–Trinajstić information content (AvgIpc) is 2.73. The molecule has 0 saturated carbocycles. The number of hydrogen-bond donors (Lipinski definition) is 0. The smallest absolute Gasteiger partial charge is 0.265 e. The Hall–Kier alpha value is -3.72. The summed E-state index contributed by atoms with van der Waals surface area (Å²) in [5.41, 5.74) is 4.24. The molecule has 136 valence electrons.